The zero-order chi connectivity index (χ0) is 22.4. The van der Waals surface area contributed by atoms with Gasteiger partial charge < -0.3 is 20.7 Å². The number of methoxy groups -OCH3 is 1. The van der Waals surface area contributed by atoms with Crippen molar-refractivity contribution in [3.05, 3.63) is 72.8 Å². The molecule has 0 aliphatic carbocycles. The first-order valence-electron chi connectivity index (χ1n) is 9.40. The van der Waals surface area contributed by atoms with Crippen molar-refractivity contribution in [2.75, 3.05) is 37.2 Å². The predicted octanol–water partition coefficient (Wildman–Crippen LogP) is 4.50. The third-order valence-corrected chi connectivity index (χ3v) is 6.41. The van der Waals surface area contributed by atoms with E-state index in [0.29, 0.717) is 10.8 Å². The smallest absolute Gasteiger partial charge is 0.242 e. The topological polar surface area (TPSA) is 82.7 Å². The standard InChI is InChI=1S/C22H24N4O3S2/c1-26(2)31(27,28)19-8-6-7-18(15-19)25-22(30)24-17-13-11-16(12-14-17)23-20-9-4-5-10-21(20)29-3/h4-15,23H,1-3H3,(H2,24,25,30). The highest BCUT2D eigenvalue weighted by molar-refractivity contribution is 7.89. The summed E-state index contributed by atoms with van der Waals surface area (Å²) in [5.41, 5.74) is 3.14. The van der Waals surface area contributed by atoms with Crippen LogP contribution < -0.4 is 20.7 Å². The van der Waals surface area contributed by atoms with Crippen LogP contribution in [0.1, 0.15) is 0 Å². The second-order valence-corrected chi connectivity index (χ2v) is 9.36. The van der Waals surface area contributed by atoms with Gasteiger partial charge in [-0.2, -0.15) is 0 Å². The molecule has 3 rings (SSSR count). The monoisotopic (exact) mass is 456 g/mol. The first-order valence-corrected chi connectivity index (χ1v) is 11.2. The SMILES string of the molecule is COc1ccccc1Nc1ccc(NC(=S)Nc2cccc(S(=O)(=O)N(C)C)c2)cc1. The second-order valence-electron chi connectivity index (χ2n) is 6.80. The number of thiocarbonyl (C=S) groups is 1. The summed E-state index contributed by atoms with van der Waals surface area (Å²) in [5.74, 6) is 0.758. The third-order valence-electron chi connectivity index (χ3n) is 4.40. The molecule has 3 N–H and O–H groups in total. The van der Waals surface area contributed by atoms with Crippen molar-refractivity contribution in [3.63, 3.8) is 0 Å². The molecule has 0 fully saturated rings. The summed E-state index contributed by atoms with van der Waals surface area (Å²) in [6.45, 7) is 0. The average molecular weight is 457 g/mol. The molecule has 31 heavy (non-hydrogen) atoms. The molecule has 7 nitrogen and oxygen atoms in total. The number of sulfonamides is 1. The van der Waals surface area contributed by atoms with Crippen LogP contribution in [0.2, 0.25) is 0 Å². The van der Waals surface area contributed by atoms with Crippen molar-refractivity contribution in [3.8, 4) is 5.75 Å². The summed E-state index contributed by atoms with van der Waals surface area (Å²) >= 11 is 5.36. The van der Waals surface area contributed by atoms with Gasteiger partial charge in [-0.15, -0.1) is 0 Å². The van der Waals surface area contributed by atoms with Crippen LogP contribution >= 0.6 is 12.2 Å². The molecule has 0 saturated heterocycles. The van der Waals surface area contributed by atoms with E-state index in [-0.39, 0.29) is 4.90 Å². The first kappa shape index (κ1) is 22.5. The summed E-state index contributed by atoms with van der Waals surface area (Å²) in [6.07, 6.45) is 0. The van der Waals surface area contributed by atoms with Gasteiger partial charge in [0.2, 0.25) is 10.0 Å². The number of nitrogens with zero attached hydrogens (tertiary/aromatic N) is 1. The Labute approximate surface area is 188 Å². The van der Waals surface area contributed by atoms with Crippen molar-refractivity contribution < 1.29 is 13.2 Å². The Kier molecular flexibility index (Phi) is 7.11. The van der Waals surface area contributed by atoms with E-state index >= 15 is 0 Å². The molecule has 0 amide bonds. The number of hydrogen-bond acceptors (Lipinski definition) is 5. The van der Waals surface area contributed by atoms with Crippen molar-refractivity contribution in [2.24, 2.45) is 0 Å². The van der Waals surface area contributed by atoms with Crippen LogP contribution in [-0.2, 0) is 10.0 Å². The van der Waals surface area contributed by atoms with Gasteiger partial charge in [0, 0.05) is 31.2 Å². The van der Waals surface area contributed by atoms with E-state index in [2.05, 4.69) is 16.0 Å². The van der Waals surface area contributed by atoms with E-state index in [1.807, 2.05) is 48.5 Å². The number of rotatable bonds is 7. The fourth-order valence-electron chi connectivity index (χ4n) is 2.78. The zero-order valence-electron chi connectivity index (χ0n) is 17.4. The van der Waals surface area contributed by atoms with Crippen LogP contribution in [0.15, 0.2) is 77.7 Å². The minimum atomic E-state index is -3.52. The Bertz CT molecular complexity index is 1160. The molecule has 3 aromatic rings. The fourth-order valence-corrected chi connectivity index (χ4v) is 3.96. The Morgan fingerprint density at radius 3 is 2.19 bits per heavy atom. The lowest BCUT2D eigenvalue weighted by atomic mass is 10.2. The van der Waals surface area contributed by atoms with E-state index in [4.69, 9.17) is 17.0 Å². The van der Waals surface area contributed by atoms with E-state index in [0.717, 1.165) is 22.8 Å². The van der Waals surface area contributed by atoms with Gasteiger partial charge in [-0.05, 0) is 66.8 Å². The Morgan fingerprint density at radius 1 is 0.871 bits per heavy atom. The predicted molar refractivity (Wildman–Crippen MR) is 130 cm³/mol. The fraction of sp³-hybridized carbons (Fsp3) is 0.136. The largest absolute Gasteiger partial charge is 0.495 e. The van der Waals surface area contributed by atoms with Crippen LogP contribution in [-0.4, -0.2) is 39.0 Å². The lowest BCUT2D eigenvalue weighted by molar-refractivity contribution is 0.417. The van der Waals surface area contributed by atoms with Gasteiger partial charge in [-0.25, -0.2) is 12.7 Å². The van der Waals surface area contributed by atoms with Crippen molar-refractivity contribution in [1.82, 2.24) is 4.31 Å². The summed E-state index contributed by atoms with van der Waals surface area (Å²) in [7, 11) is 1.10. The molecule has 0 aromatic heterocycles. The average Bonchev–Trinajstić information content (AvgIpc) is 2.75. The second kappa shape index (κ2) is 9.78. The number of hydrogen-bond donors (Lipinski definition) is 3. The van der Waals surface area contributed by atoms with Gasteiger partial charge in [0.05, 0.1) is 17.7 Å². The lowest BCUT2D eigenvalue weighted by Gasteiger charge is -2.15. The molecule has 0 radical (unpaired) electrons. The number of benzene rings is 3. The maximum Gasteiger partial charge on any atom is 0.242 e. The summed E-state index contributed by atoms with van der Waals surface area (Å²) in [5, 5.41) is 9.77. The zero-order valence-corrected chi connectivity index (χ0v) is 19.0. The molecule has 0 aliphatic rings. The van der Waals surface area contributed by atoms with Crippen LogP contribution in [0.4, 0.5) is 22.7 Å². The Hall–Kier alpha value is -3.14. The first-order chi connectivity index (χ1) is 14.8. The van der Waals surface area contributed by atoms with E-state index < -0.39 is 10.0 Å². The van der Waals surface area contributed by atoms with Gasteiger partial charge in [0.15, 0.2) is 5.11 Å². The normalized spacial score (nSPS) is 11.1. The lowest BCUT2D eigenvalue weighted by Crippen LogP contribution is -2.23. The van der Waals surface area contributed by atoms with Crippen molar-refractivity contribution in [2.45, 2.75) is 4.90 Å². The quantitative estimate of drug-likeness (QED) is 0.452. The highest BCUT2D eigenvalue weighted by Crippen LogP contribution is 2.27. The highest BCUT2D eigenvalue weighted by Gasteiger charge is 2.17. The maximum atomic E-state index is 12.3. The molecule has 0 saturated carbocycles. The minimum absolute atomic E-state index is 0.192. The molecule has 0 unspecified atom stereocenters. The summed E-state index contributed by atoms with van der Waals surface area (Å²) in [6, 6.07) is 21.8. The van der Waals surface area contributed by atoms with Gasteiger partial charge in [-0.1, -0.05) is 18.2 Å². The molecule has 0 spiro atoms. The van der Waals surface area contributed by atoms with E-state index in [9.17, 15) is 8.42 Å². The number of ether oxygens (including phenoxy) is 1. The molecule has 0 atom stereocenters. The molecular weight excluding hydrogens is 432 g/mol. The number of anilines is 4. The minimum Gasteiger partial charge on any atom is -0.495 e. The highest BCUT2D eigenvalue weighted by atomic mass is 32.2. The molecule has 162 valence electrons. The van der Waals surface area contributed by atoms with Gasteiger partial charge in [-0.3, -0.25) is 0 Å². The van der Waals surface area contributed by atoms with Gasteiger partial charge in [0.25, 0.3) is 0 Å². The summed E-state index contributed by atoms with van der Waals surface area (Å²) in [4.78, 5) is 0.192. The number of para-hydroxylation sites is 2. The van der Waals surface area contributed by atoms with Gasteiger partial charge >= 0.3 is 0 Å². The van der Waals surface area contributed by atoms with Crippen LogP contribution in [0.25, 0.3) is 0 Å². The van der Waals surface area contributed by atoms with E-state index in [1.54, 1.807) is 31.4 Å². The van der Waals surface area contributed by atoms with Crippen LogP contribution in [0.5, 0.6) is 5.75 Å². The summed E-state index contributed by atoms with van der Waals surface area (Å²) < 4.78 is 31.1. The molecule has 9 heteroatoms. The van der Waals surface area contributed by atoms with Crippen LogP contribution in [0, 0.1) is 0 Å². The molecule has 0 heterocycles. The number of nitrogens with one attached hydrogen (secondary N) is 3. The Balaban J connectivity index is 1.64. The molecule has 3 aromatic carbocycles. The maximum absolute atomic E-state index is 12.3. The van der Waals surface area contributed by atoms with Crippen LogP contribution in [0.3, 0.4) is 0 Å². The molecule has 0 bridgehead atoms. The molecular formula is C22H24N4O3S2. The third kappa shape index (κ3) is 5.72. The van der Waals surface area contributed by atoms with Gasteiger partial charge in [0.1, 0.15) is 5.75 Å². The van der Waals surface area contributed by atoms with Crippen molar-refractivity contribution in [1.29, 1.82) is 0 Å². The van der Waals surface area contributed by atoms with Crippen molar-refractivity contribution >= 4 is 50.1 Å². The van der Waals surface area contributed by atoms with E-state index in [1.165, 1.54) is 18.4 Å². The Morgan fingerprint density at radius 2 is 1.52 bits per heavy atom. The molecule has 0 aliphatic heterocycles.